The SMILES string of the molecule is CCCc1nc(C(=O)NC2CCN3CCCCC23)n[nH]1. The van der Waals surface area contributed by atoms with E-state index in [0.717, 1.165) is 31.6 Å². The second-order valence-corrected chi connectivity index (χ2v) is 5.82. The third kappa shape index (κ3) is 2.70. The Labute approximate surface area is 119 Å². The van der Waals surface area contributed by atoms with Crippen molar-refractivity contribution in [3.05, 3.63) is 11.6 Å². The van der Waals surface area contributed by atoms with Crippen LogP contribution in [0.1, 0.15) is 55.5 Å². The molecule has 0 aliphatic carbocycles. The van der Waals surface area contributed by atoms with Crippen LogP contribution in [0.2, 0.25) is 0 Å². The van der Waals surface area contributed by atoms with Gasteiger partial charge in [0.2, 0.25) is 5.82 Å². The number of aromatic amines is 1. The van der Waals surface area contributed by atoms with Crippen molar-refractivity contribution in [3.63, 3.8) is 0 Å². The van der Waals surface area contributed by atoms with E-state index in [1.807, 2.05) is 0 Å². The van der Waals surface area contributed by atoms with E-state index in [1.165, 1.54) is 25.8 Å². The van der Waals surface area contributed by atoms with Gasteiger partial charge in [-0.05, 0) is 32.2 Å². The summed E-state index contributed by atoms with van der Waals surface area (Å²) in [6.07, 6.45) is 6.63. The highest BCUT2D eigenvalue weighted by molar-refractivity contribution is 5.90. The number of fused-ring (bicyclic) bond motifs is 1. The molecule has 3 rings (SSSR count). The number of nitrogens with zero attached hydrogens (tertiary/aromatic N) is 3. The van der Waals surface area contributed by atoms with Gasteiger partial charge in [0.05, 0.1) is 0 Å². The number of hydrogen-bond donors (Lipinski definition) is 2. The fourth-order valence-corrected chi connectivity index (χ4v) is 3.39. The predicted molar refractivity (Wildman–Crippen MR) is 75.5 cm³/mol. The van der Waals surface area contributed by atoms with Crippen molar-refractivity contribution >= 4 is 5.91 Å². The van der Waals surface area contributed by atoms with Crippen LogP contribution in [0.25, 0.3) is 0 Å². The van der Waals surface area contributed by atoms with Gasteiger partial charge in [-0.25, -0.2) is 4.98 Å². The average Bonchev–Trinajstić information content (AvgIpc) is 3.07. The first kappa shape index (κ1) is 13.5. The van der Waals surface area contributed by atoms with Crippen LogP contribution in [0.3, 0.4) is 0 Å². The van der Waals surface area contributed by atoms with E-state index >= 15 is 0 Å². The highest BCUT2D eigenvalue weighted by Gasteiger charge is 2.36. The molecule has 2 saturated heterocycles. The second-order valence-electron chi connectivity index (χ2n) is 5.82. The van der Waals surface area contributed by atoms with Crippen LogP contribution in [0.4, 0.5) is 0 Å². The number of hydrogen-bond acceptors (Lipinski definition) is 4. The summed E-state index contributed by atoms with van der Waals surface area (Å²) in [4.78, 5) is 19.0. The summed E-state index contributed by atoms with van der Waals surface area (Å²) in [5.41, 5.74) is 0. The van der Waals surface area contributed by atoms with E-state index in [4.69, 9.17) is 0 Å². The van der Waals surface area contributed by atoms with Crippen molar-refractivity contribution in [2.24, 2.45) is 0 Å². The molecule has 1 amide bonds. The summed E-state index contributed by atoms with van der Waals surface area (Å²) in [5.74, 6) is 0.937. The molecule has 1 aromatic rings. The number of nitrogens with one attached hydrogen (secondary N) is 2. The van der Waals surface area contributed by atoms with Gasteiger partial charge in [0, 0.05) is 25.0 Å². The van der Waals surface area contributed by atoms with Crippen LogP contribution in [0.5, 0.6) is 0 Å². The van der Waals surface area contributed by atoms with Gasteiger partial charge < -0.3 is 5.32 Å². The van der Waals surface area contributed by atoms with Gasteiger partial charge in [0.15, 0.2) is 0 Å². The molecule has 0 radical (unpaired) electrons. The van der Waals surface area contributed by atoms with E-state index in [9.17, 15) is 4.79 Å². The zero-order valence-corrected chi connectivity index (χ0v) is 12.1. The van der Waals surface area contributed by atoms with Crippen LogP contribution >= 0.6 is 0 Å². The number of amides is 1. The first-order valence-electron chi connectivity index (χ1n) is 7.74. The largest absolute Gasteiger partial charge is 0.345 e. The summed E-state index contributed by atoms with van der Waals surface area (Å²) < 4.78 is 0. The van der Waals surface area contributed by atoms with Gasteiger partial charge in [0.1, 0.15) is 5.82 Å². The Kier molecular flexibility index (Phi) is 4.00. The molecule has 0 saturated carbocycles. The summed E-state index contributed by atoms with van der Waals surface area (Å²) in [6, 6.07) is 0.776. The number of piperidine rings is 1. The molecule has 2 atom stereocenters. The monoisotopic (exact) mass is 277 g/mol. The van der Waals surface area contributed by atoms with E-state index < -0.39 is 0 Å². The van der Waals surface area contributed by atoms with E-state index in [1.54, 1.807) is 0 Å². The molecule has 0 aromatic carbocycles. The standard InChI is InChI=1S/C14H23N5O/c1-2-5-12-16-13(18-17-12)14(20)15-10-7-9-19-8-4-3-6-11(10)19/h10-11H,2-9H2,1H3,(H,15,20)(H,16,17,18). The minimum absolute atomic E-state index is 0.138. The van der Waals surface area contributed by atoms with Crippen molar-refractivity contribution in [2.75, 3.05) is 13.1 Å². The van der Waals surface area contributed by atoms with Crippen LogP contribution in [-0.4, -0.2) is 51.2 Å². The fourth-order valence-electron chi connectivity index (χ4n) is 3.39. The van der Waals surface area contributed by atoms with Crippen LogP contribution in [0.15, 0.2) is 0 Å². The van der Waals surface area contributed by atoms with Gasteiger partial charge in [-0.1, -0.05) is 13.3 Å². The molecule has 2 N–H and O–H groups in total. The Hall–Kier alpha value is -1.43. The van der Waals surface area contributed by atoms with Gasteiger partial charge in [0.25, 0.3) is 5.91 Å². The number of H-pyrrole nitrogens is 1. The summed E-state index contributed by atoms with van der Waals surface area (Å²) in [7, 11) is 0. The Morgan fingerprint density at radius 1 is 1.40 bits per heavy atom. The maximum Gasteiger partial charge on any atom is 0.291 e. The number of aromatic nitrogens is 3. The molecular formula is C14H23N5O. The molecule has 2 aliphatic rings. The molecule has 1 aromatic heterocycles. The van der Waals surface area contributed by atoms with Crippen molar-refractivity contribution in [3.8, 4) is 0 Å². The Morgan fingerprint density at radius 3 is 3.15 bits per heavy atom. The summed E-state index contributed by atoms with van der Waals surface area (Å²) in [6.45, 7) is 4.36. The highest BCUT2D eigenvalue weighted by Crippen LogP contribution is 2.27. The Morgan fingerprint density at radius 2 is 2.30 bits per heavy atom. The smallest absolute Gasteiger partial charge is 0.291 e. The van der Waals surface area contributed by atoms with Crippen molar-refractivity contribution < 1.29 is 4.79 Å². The number of carbonyl (C=O) groups excluding carboxylic acids is 1. The summed E-state index contributed by atoms with van der Waals surface area (Å²) >= 11 is 0. The Bertz CT molecular complexity index is 472. The van der Waals surface area contributed by atoms with Crippen molar-refractivity contribution in [2.45, 2.75) is 57.5 Å². The zero-order chi connectivity index (χ0) is 13.9. The van der Waals surface area contributed by atoms with Crippen LogP contribution in [-0.2, 0) is 6.42 Å². The molecule has 6 heteroatoms. The number of aryl methyl sites for hydroxylation is 1. The molecular weight excluding hydrogens is 254 g/mol. The van der Waals surface area contributed by atoms with Gasteiger partial charge in [-0.2, -0.15) is 0 Å². The second kappa shape index (κ2) is 5.91. The topological polar surface area (TPSA) is 73.9 Å². The lowest BCUT2D eigenvalue weighted by Crippen LogP contribution is -2.47. The van der Waals surface area contributed by atoms with E-state index in [2.05, 4.69) is 32.3 Å². The lowest BCUT2D eigenvalue weighted by Gasteiger charge is -2.32. The average molecular weight is 277 g/mol. The first-order valence-corrected chi connectivity index (χ1v) is 7.74. The molecule has 2 aliphatic heterocycles. The molecule has 0 spiro atoms. The Balaban J connectivity index is 1.60. The molecule has 20 heavy (non-hydrogen) atoms. The van der Waals surface area contributed by atoms with E-state index in [0.29, 0.717) is 6.04 Å². The number of rotatable bonds is 4. The summed E-state index contributed by atoms with van der Waals surface area (Å²) in [5, 5.41) is 9.98. The third-order valence-electron chi connectivity index (χ3n) is 4.39. The maximum atomic E-state index is 12.2. The highest BCUT2D eigenvalue weighted by atomic mass is 16.2. The van der Waals surface area contributed by atoms with Gasteiger partial charge in [-0.15, -0.1) is 5.10 Å². The zero-order valence-electron chi connectivity index (χ0n) is 12.1. The minimum atomic E-state index is -0.138. The molecule has 3 heterocycles. The lowest BCUT2D eigenvalue weighted by molar-refractivity contribution is 0.0905. The van der Waals surface area contributed by atoms with Crippen LogP contribution < -0.4 is 5.32 Å². The molecule has 110 valence electrons. The first-order chi connectivity index (χ1) is 9.78. The molecule has 0 bridgehead atoms. The van der Waals surface area contributed by atoms with Crippen LogP contribution in [0, 0.1) is 0 Å². The van der Waals surface area contributed by atoms with Crippen molar-refractivity contribution in [1.82, 2.24) is 25.4 Å². The maximum absolute atomic E-state index is 12.2. The van der Waals surface area contributed by atoms with E-state index in [-0.39, 0.29) is 17.8 Å². The van der Waals surface area contributed by atoms with Gasteiger partial charge >= 0.3 is 0 Å². The molecule has 2 fully saturated rings. The minimum Gasteiger partial charge on any atom is -0.345 e. The lowest BCUT2D eigenvalue weighted by atomic mass is 9.99. The number of carbonyl (C=O) groups is 1. The third-order valence-corrected chi connectivity index (χ3v) is 4.39. The fraction of sp³-hybridized carbons (Fsp3) is 0.786. The van der Waals surface area contributed by atoms with Crippen molar-refractivity contribution in [1.29, 1.82) is 0 Å². The molecule has 6 nitrogen and oxygen atoms in total. The van der Waals surface area contributed by atoms with Gasteiger partial charge in [-0.3, -0.25) is 14.8 Å². The molecule has 2 unspecified atom stereocenters. The predicted octanol–water partition coefficient (Wildman–Crippen LogP) is 1.11. The quantitative estimate of drug-likeness (QED) is 0.864. The normalized spacial score (nSPS) is 26.4.